The average Bonchev–Trinajstić information content (AvgIpc) is 2.63. The van der Waals surface area contributed by atoms with Crippen molar-refractivity contribution >= 4 is 17.6 Å². The van der Waals surface area contributed by atoms with Crippen LogP contribution in [0.1, 0.15) is 5.89 Å². The third-order valence-corrected chi connectivity index (χ3v) is 1.81. The normalized spacial score (nSPS) is 11.8. The molecule has 0 saturated carbocycles. The van der Waals surface area contributed by atoms with Crippen LogP contribution in [0.4, 0.5) is 19.2 Å². The van der Waals surface area contributed by atoms with Crippen molar-refractivity contribution in [2.24, 2.45) is 0 Å². The molecular formula is C7H9ClF3N3O2. The summed E-state index contributed by atoms with van der Waals surface area (Å²) < 4.78 is 41.3. The second kappa shape index (κ2) is 5.35. The first-order chi connectivity index (χ1) is 7.46. The summed E-state index contributed by atoms with van der Waals surface area (Å²) in [5, 5.41) is 15.5. The molecule has 0 aromatic carbocycles. The van der Waals surface area contributed by atoms with Crippen molar-refractivity contribution in [2.75, 3.05) is 24.6 Å². The number of anilines is 1. The highest BCUT2D eigenvalue weighted by molar-refractivity contribution is 6.16. The first kappa shape index (κ1) is 13.0. The molecule has 0 spiro atoms. The SMILES string of the molecule is OCCN(CC(F)(F)F)c1nnc(CCl)o1. The van der Waals surface area contributed by atoms with E-state index in [1.807, 2.05) is 0 Å². The van der Waals surface area contributed by atoms with Gasteiger partial charge in [-0.15, -0.1) is 16.7 Å². The maximum absolute atomic E-state index is 12.2. The summed E-state index contributed by atoms with van der Waals surface area (Å²) in [5.41, 5.74) is 0. The van der Waals surface area contributed by atoms with Gasteiger partial charge in [0, 0.05) is 6.54 Å². The second-order valence-corrected chi connectivity index (χ2v) is 3.14. The van der Waals surface area contributed by atoms with Gasteiger partial charge in [-0.25, -0.2) is 0 Å². The second-order valence-electron chi connectivity index (χ2n) is 2.87. The Balaban J connectivity index is 2.76. The molecule has 0 atom stereocenters. The van der Waals surface area contributed by atoms with Gasteiger partial charge in [0.05, 0.1) is 6.61 Å². The van der Waals surface area contributed by atoms with Crippen molar-refractivity contribution < 1.29 is 22.7 Å². The Hall–Kier alpha value is -1.02. The minimum Gasteiger partial charge on any atom is -0.407 e. The Kier molecular flexibility index (Phi) is 4.36. The fraction of sp³-hybridized carbons (Fsp3) is 0.714. The summed E-state index contributed by atoms with van der Waals surface area (Å²) in [6.45, 7) is -1.96. The zero-order chi connectivity index (χ0) is 12.2. The van der Waals surface area contributed by atoms with E-state index in [1.54, 1.807) is 0 Å². The highest BCUT2D eigenvalue weighted by Gasteiger charge is 2.32. The molecule has 1 rings (SSSR count). The largest absolute Gasteiger partial charge is 0.407 e. The lowest BCUT2D eigenvalue weighted by Gasteiger charge is -2.20. The van der Waals surface area contributed by atoms with Crippen LogP contribution >= 0.6 is 11.6 Å². The monoisotopic (exact) mass is 259 g/mol. The van der Waals surface area contributed by atoms with Crippen LogP contribution in [0.15, 0.2) is 4.42 Å². The number of hydrogen-bond donors (Lipinski definition) is 1. The van der Waals surface area contributed by atoms with Crippen molar-refractivity contribution in [3.05, 3.63) is 5.89 Å². The minimum atomic E-state index is -4.41. The molecule has 92 valence electrons. The first-order valence-electron chi connectivity index (χ1n) is 4.27. The molecule has 0 radical (unpaired) electrons. The van der Waals surface area contributed by atoms with Gasteiger partial charge in [0.2, 0.25) is 5.89 Å². The molecule has 9 heteroatoms. The van der Waals surface area contributed by atoms with Crippen LogP contribution in [0, 0.1) is 0 Å². The van der Waals surface area contributed by atoms with E-state index >= 15 is 0 Å². The lowest BCUT2D eigenvalue weighted by molar-refractivity contribution is -0.120. The summed E-state index contributed by atoms with van der Waals surface area (Å²) in [5.74, 6) is -0.0480. The van der Waals surface area contributed by atoms with Crippen LogP contribution in [0.5, 0.6) is 0 Å². The third-order valence-electron chi connectivity index (χ3n) is 1.58. The van der Waals surface area contributed by atoms with E-state index in [1.165, 1.54) is 0 Å². The zero-order valence-electron chi connectivity index (χ0n) is 8.04. The molecule has 0 bridgehead atoms. The van der Waals surface area contributed by atoms with Gasteiger partial charge in [-0.2, -0.15) is 13.2 Å². The van der Waals surface area contributed by atoms with Gasteiger partial charge in [-0.05, 0) is 0 Å². The van der Waals surface area contributed by atoms with Crippen LogP contribution in [0.25, 0.3) is 0 Å². The summed E-state index contributed by atoms with van der Waals surface area (Å²) in [6.07, 6.45) is -4.41. The van der Waals surface area contributed by atoms with Gasteiger partial charge in [-0.1, -0.05) is 5.10 Å². The van der Waals surface area contributed by atoms with Crippen molar-refractivity contribution in [3.8, 4) is 0 Å². The molecule has 0 aliphatic heterocycles. The minimum absolute atomic E-state index is 0.0294. The van der Waals surface area contributed by atoms with Gasteiger partial charge < -0.3 is 14.4 Å². The van der Waals surface area contributed by atoms with Gasteiger partial charge in [0.1, 0.15) is 12.4 Å². The summed E-state index contributed by atoms with van der Waals surface area (Å²) in [6, 6.07) is -0.304. The Bertz CT molecular complexity index is 331. The van der Waals surface area contributed by atoms with Gasteiger partial charge in [0.15, 0.2) is 0 Å². The smallest absolute Gasteiger partial charge is 0.406 e. The van der Waals surface area contributed by atoms with Crippen molar-refractivity contribution in [3.63, 3.8) is 0 Å². The lowest BCUT2D eigenvalue weighted by atomic mass is 10.5. The Labute approximate surface area is 93.8 Å². The summed E-state index contributed by atoms with van der Waals surface area (Å²) in [4.78, 5) is 0.739. The van der Waals surface area contributed by atoms with Crippen LogP contribution in [-0.4, -0.2) is 41.2 Å². The number of aromatic nitrogens is 2. The Morgan fingerprint density at radius 1 is 1.38 bits per heavy atom. The van der Waals surface area contributed by atoms with Gasteiger partial charge in [0.25, 0.3) is 0 Å². The van der Waals surface area contributed by atoms with Crippen molar-refractivity contribution in [1.82, 2.24) is 10.2 Å². The molecule has 5 nitrogen and oxygen atoms in total. The highest BCUT2D eigenvalue weighted by Crippen LogP contribution is 2.21. The summed E-state index contributed by atoms with van der Waals surface area (Å²) >= 11 is 5.37. The van der Waals surface area contributed by atoms with Crippen LogP contribution < -0.4 is 4.90 Å². The number of aliphatic hydroxyl groups is 1. The highest BCUT2D eigenvalue weighted by atomic mass is 35.5. The Morgan fingerprint density at radius 2 is 2.06 bits per heavy atom. The molecule has 0 saturated heterocycles. The predicted molar refractivity (Wildman–Crippen MR) is 49.2 cm³/mol. The van der Waals surface area contributed by atoms with Crippen LogP contribution in [0.3, 0.4) is 0 Å². The van der Waals surface area contributed by atoms with E-state index in [4.69, 9.17) is 21.1 Å². The molecular weight excluding hydrogens is 251 g/mol. The molecule has 0 unspecified atom stereocenters. The van der Waals surface area contributed by atoms with E-state index in [9.17, 15) is 13.2 Å². The number of aliphatic hydroxyl groups excluding tert-OH is 1. The topological polar surface area (TPSA) is 62.4 Å². The summed E-state index contributed by atoms with van der Waals surface area (Å²) in [7, 11) is 0. The van der Waals surface area contributed by atoms with E-state index < -0.39 is 19.3 Å². The number of alkyl halides is 4. The van der Waals surface area contributed by atoms with Gasteiger partial charge in [-0.3, -0.25) is 0 Å². The van der Waals surface area contributed by atoms with E-state index in [0.29, 0.717) is 0 Å². The van der Waals surface area contributed by atoms with Crippen molar-refractivity contribution in [2.45, 2.75) is 12.1 Å². The lowest BCUT2D eigenvalue weighted by Crippen LogP contribution is -2.36. The van der Waals surface area contributed by atoms with Crippen LogP contribution in [-0.2, 0) is 5.88 Å². The van der Waals surface area contributed by atoms with Gasteiger partial charge >= 0.3 is 12.2 Å². The average molecular weight is 260 g/mol. The molecule has 1 aromatic heterocycles. The predicted octanol–water partition coefficient (Wildman–Crippen LogP) is 1.17. The fourth-order valence-corrected chi connectivity index (χ4v) is 1.11. The standard InChI is InChI=1S/C7H9ClF3N3O2/c8-3-5-12-13-6(16-5)14(1-2-15)4-7(9,10)11/h15H,1-4H2. The molecule has 0 aliphatic rings. The molecule has 1 N–H and O–H groups in total. The Morgan fingerprint density at radius 3 is 2.50 bits per heavy atom. The molecule has 1 heterocycles. The molecule has 0 aliphatic carbocycles. The maximum Gasteiger partial charge on any atom is 0.406 e. The molecule has 1 aromatic rings. The number of rotatable bonds is 5. The number of nitrogens with zero attached hydrogens (tertiary/aromatic N) is 3. The number of halogens is 4. The van der Waals surface area contributed by atoms with Crippen molar-refractivity contribution in [1.29, 1.82) is 0 Å². The maximum atomic E-state index is 12.2. The first-order valence-corrected chi connectivity index (χ1v) is 4.80. The zero-order valence-corrected chi connectivity index (χ0v) is 8.79. The van der Waals surface area contributed by atoms with E-state index in [-0.39, 0.29) is 24.3 Å². The fourth-order valence-electron chi connectivity index (χ4n) is 1.01. The van der Waals surface area contributed by atoms with E-state index in [0.717, 1.165) is 4.90 Å². The quantitative estimate of drug-likeness (QED) is 0.805. The number of hydrogen-bond acceptors (Lipinski definition) is 5. The molecule has 0 amide bonds. The molecule has 16 heavy (non-hydrogen) atoms. The van der Waals surface area contributed by atoms with Crippen LogP contribution in [0.2, 0.25) is 0 Å². The van der Waals surface area contributed by atoms with E-state index in [2.05, 4.69) is 10.2 Å². The molecule has 0 fully saturated rings. The third kappa shape index (κ3) is 3.86.